The molecule has 0 radical (unpaired) electrons. The number of aryl methyl sites for hydroxylation is 1. The lowest BCUT2D eigenvalue weighted by atomic mass is 9.99. The molecule has 1 atom stereocenters. The molecule has 26 heavy (non-hydrogen) atoms. The highest BCUT2D eigenvalue weighted by atomic mass is 16.5. The molecule has 1 aliphatic rings. The second-order valence-electron chi connectivity index (χ2n) is 6.61. The standard InChI is InChI=1S/C20H22N4O2/c1-13-9-14-11-22-23-19(14)16(10-13)20(25)24-8-7-21-12-17(24)15-5-3-4-6-18(15)26-2/h3-6,9-11,17,21H,7-8,12H2,1-2H3,(H,22,23). The number of fused-ring (bicyclic) bond motifs is 1. The van der Waals surface area contributed by atoms with E-state index in [1.54, 1.807) is 13.3 Å². The Balaban J connectivity index is 1.76. The van der Waals surface area contributed by atoms with Gasteiger partial charge >= 0.3 is 0 Å². The van der Waals surface area contributed by atoms with Gasteiger partial charge in [-0.2, -0.15) is 5.10 Å². The highest BCUT2D eigenvalue weighted by Gasteiger charge is 2.31. The second-order valence-corrected chi connectivity index (χ2v) is 6.61. The zero-order valence-corrected chi connectivity index (χ0v) is 15.0. The van der Waals surface area contributed by atoms with Gasteiger partial charge < -0.3 is 15.0 Å². The van der Waals surface area contributed by atoms with Gasteiger partial charge in [0.25, 0.3) is 5.91 Å². The first kappa shape index (κ1) is 16.6. The Hall–Kier alpha value is -2.86. The Kier molecular flexibility index (Phi) is 4.34. The monoisotopic (exact) mass is 350 g/mol. The van der Waals surface area contributed by atoms with Crippen LogP contribution in [0.4, 0.5) is 0 Å². The van der Waals surface area contributed by atoms with Crippen LogP contribution in [0.25, 0.3) is 10.9 Å². The quantitative estimate of drug-likeness (QED) is 0.762. The minimum absolute atomic E-state index is 0.0142. The predicted molar refractivity (Wildman–Crippen MR) is 100 cm³/mol. The molecule has 2 aromatic carbocycles. The van der Waals surface area contributed by atoms with E-state index < -0.39 is 0 Å². The fourth-order valence-corrected chi connectivity index (χ4v) is 3.70. The first-order chi connectivity index (χ1) is 12.7. The maximum Gasteiger partial charge on any atom is 0.256 e. The summed E-state index contributed by atoms with van der Waals surface area (Å²) in [5.41, 5.74) is 3.52. The maximum atomic E-state index is 13.5. The van der Waals surface area contributed by atoms with Gasteiger partial charge in [0.1, 0.15) is 5.75 Å². The second kappa shape index (κ2) is 6.80. The summed E-state index contributed by atoms with van der Waals surface area (Å²) < 4.78 is 5.53. The lowest BCUT2D eigenvalue weighted by molar-refractivity contribution is 0.0633. The number of hydrogen-bond donors (Lipinski definition) is 2. The van der Waals surface area contributed by atoms with Crippen molar-refractivity contribution in [1.29, 1.82) is 0 Å². The number of ether oxygens (including phenoxy) is 1. The molecule has 0 bridgehead atoms. The van der Waals surface area contributed by atoms with E-state index in [4.69, 9.17) is 4.74 Å². The SMILES string of the molecule is COc1ccccc1C1CNCCN1C(=O)c1cc(C)cc2cn[nH]c12. The predicted octanol–water partition coefficient (Wildman–Crippen LogP) is 2.67. The minimum Gasteiger partial charge on any atom is -0.496 e. The number of piperazine rings is 1. The largest absolute Gasteiger partial charge is 0.496 e. The molecule has 1 amide bonds. The molecule has 1 saturated heterocycles. The molecule has 4 rings (SSSR count). The van der Waals surface area contributed by atoms with Crippen molar-refractivity contribution in [2.45, 2.75) is 13.0 Å². The number of nitrogens with zero attached hydrogens (tertiary/aromatic N) is 2. The van der Waals surface area contributed by atoms with Gasteiger partial charge in [0, 0.05) is 30.6 Å². The van der Waals surface area contributed by atoms with E-state index in [2.05, 4.69) is 15.5 Å². The number of benzene rings is 2. The Bertz CT molecular complexity index is 950. The van der Waals surface area contributed by atoms with E-state index in [1.807, 2.05) is 48.2 Å². The molecule has 134 valence electrons. The first-order valence-electron chi connectivity index (χ1n) is 8.77. The van der Waals surface area contributed by atoms with Crippen LogP contribution in [-0.4, -0.2) is 47.7 Å². The molecule has 6 nitrogen and oxygen atoms in total. The summed E-state index contributed by atoms with van der Waals surface area (Å²) in [6.45, 7) is 4.11. The Morgan fingerprint density at radius 3 is 3.00 bits per heavy atom. The summed E-state index contributed by atoms with van der Waals surface area (Å²) in [5.74, 6) is 0.815. The first-order valence-corrected chi connectivity index (χ1v) is 8.77. The maximum absolute atomic E-state index is 13.5. The zero-order valence-electron chi connectivity index (χ0n) is 15.0. The molecule has 6 heteroatoms. The topological polar surface area (TPSA) is 70.2 Å². The molecular weight excluding hydrogens is 328 g/mol. The van der Waals surface area contributed by atoms with Crippen LogP contribution in [0.1, 0.15) is 27.5 Å². The fourth-order valence-electron chi connectivity index (χ4n) is 3.70. The van der Waals surface area contributed by atoms with Crippen LogP contribution < -0.4 is 10.1 Å². The average Bonchev–Trinajstić information content (AvgIpc) is 3.15. The molecular formula is C20H22N4O2. The van der Waals surface area contributed by atoms with Gasteiger partial charge in [0.15, 0.2) is 0 Å². The van der Waals surface area contributed by atoms with Crippen LogP contribution in [0.2, 0.25) is 0 Å². The highest BCUT2D eigenvalue weighted by molar-refractivity contribution is 6.06. The van der Waals surface area contributed by atoms with E-state index in [1.165, 1.54) is 0 Å². The van der Waals surface area contributed by atoms with Gasteiger partial charge in [0.2, 0.25) is 0 Å². The van der Waals surface area contributed by atoms with Crippen molar-refractivity contribution in [1.82, 2.24) is 20.4 Å². The van der Waals surface area contributed by atoms with E-state index in [0.29, 0.717) is 18.7 Å². The number of aromatic nitrogens is 2. The van der Waals surface area contributed by atoms with Crippen molar-refractivity contribution in [3.8, 4) is 5.75 Å². The third kappa shape index (κ3) is 2.82. The average molecular weight is 350 g/mol. The van der Waals surface area contributed by atoms with Crippen LogP contribution in [0.3, 0.4) is 0 Å². The fraction of sp³-hybridized carbons (Fsp3) is 0.300. The molecule has 0 spiro atoms. The number of para-hydroxylation sites is 1. The number of amides is 1. The normalized spacial score (nSPS) is 17.5. The van der Waals surface area contributed by atoms with Gasteiger partial charge in [-0.15, -0.1) is 0 Å². The van der Waals surface area contributed by atoms with E-state index >= 15 is 0 Å². The molecule has 0 aliphatic carbocycles. The van der Waals surface area contributed by atoms with E-state index in [0.717, 1.165) is 34.3 Å². The van der Waals surface area contributed by atoms with E-state index in [-0.39, 0.29) is 11.9 Å². The zero-order chi connectivity index (χ0) is 18.1. The summed E-state index contributed by atoms with van der Waals surface area (Å²) in [4.78, 5) is 15.4. The van der Waals surface area contributed by atoms with Crippen LogP contribution >= 0.6 is 0 Å². The van der Waals surface area contributed by atoms with Crippen molar-refractivity contribution in [2.75, 3.05) is 26.7 Å². The Morgan fingerprint density at radius 1 is 1.31 bits per heavy atom. The Labute approximate surface area is 152 Å². The van der Waals surface area contributed by atoms with Crippen LogP contribution in [0.15, 0.2) is 42.6 Å². The molecule has 3 aromatic rings. The number of H-pyrrole nitrogens is 1. The number of nitrogens with one attached hydrogen (secondary N) is 2. The van der Waals surface area contributed by atoms with Gasteiger partial charge in [-0.1, -0.05) is 18.2 Å². The van der Waals surface area contributed by atoms with Gasteiger partial charge in [-0.25, -0.2) is 0 Å². The summed E-state index contributed by atoms with van der Waals surface area (Å²) in [5, 5.41) is 11.4. The highest BCUT2D eigenvalue weighted by Crippen LogP contribution is 2.32. The van der Waals surface area contributed by atoms with Gasteiger partial charge in [-0.05, 0) is 30.7 Å². The summed E-state index contributed by atoms with van der Waals surface area (Å²) in [6.07, 6.45) is 1.76. The van der Waals surface area contributed by atoms with Crippen LogP contribution in [-0.2, 0) is 0 Å². The summed E-state index contributed by atoms with van der Waals surface area (Å²) >= 11 is 0. The molecule has 0 saturated carbocycles. The van der Waals surface area contributed by atoms with Crippen molar-refractivity contribution in [3.63, 3.8) is 0 Å². The summed E-state index contributed by atoms with van der Waals surface area (Å²) in [7, 11) is 1.66. The van der Waals surface area contributed by atoms with Gasteiger partial charge in [-0.3, -0.25) is 9.89 Å². The Morgan fingerprint density at radius 2 is 2.15 bits per heavy atom. The molecule has 1 fully saturated rings. The number of methoxy groups -OCH3 is 1. The van der Waals surface area contributed by atoms with E-state index in [9.17, 15) is 4.79 Å². The minimum atomic E-state index is -0.0779. The van der Waals surface area contributed by atoms with Gasteiger partial charge in [0.05, 0.1) is 30.4 Å². The lowest BCUT2D eigenvalue weighted by Crippen LogP contribution is -2.48. The third-order valence-corrected chi connectivity index (χ3v) is 4.93. The van der Waals surface area contributed by atoms with Crippen LogP contribution in [0.5, 0.6) is 5.75 Å². The van der Waals surface area contributed by atoms with Crippen molar-refractivity contribution in [2.24, 2.45) is 0 Å². The smallest absolute Gasteiger partial charge is 0.256 e. The number of aromatic amines is 1. The molecule has 1 aromatic heterocycles. The number of rotatable bonds is 3. The van der Waals surface area contributed by atoms with Crippen molar-refractivity contribution < 1.29 is 9.53 Å². The molecule has 2 N–H and O–H groups in total. The molecule has 1 unspecified atom stereocenters. The number of carbonyl (C=O) groups is 1. The third-order valence-electron chi connectivity index (χ3n) is 4.93. The molecule has 2 heterocycles. The van der Waals surface area contributed by atoms with Crippen molar-refractivity contribution in [3.05, 3.63) is 59.3 Å². The van der Waals surface area contributed by atoms with Crippen molar-refractivity contribution >= 4 is 16.8 Å². The number of carbonyl (C=O) groups excluding carboxylic acids is 1. The lowest BCUT2D eigenvalue weighted by Gasteiger charge is -2.37. The number of hydrogen-bond acceptors (Lipinski definition) is 4. The summed E-state index contributed by atoms with van der Waals surface area (Å²) in [6, 6.07) is 11.8. The van der Waals surface area contributed by atoms with Crippen LogP contribution in [0, 0.1) is 6.92 Å². The molecule has 1 aliphatic heterocycles.